The minimum absolute atomic E-state index is 0.0766. The average molecular weight is 332 g/mol. The van der Waals surface area contributed by atoms with Gasteiger partial charge in [0.25, 0.3) is 5.91 Å². The van der Waals surface area contributed by atoms with Crippen molar-refractivity contribution in [2.75, 3.05) is 26.2 Å². The van der Waals surface area contributed by atoms with Crippen LogP contribution in [0.5, 0.6) is 0 Å². The van der Waals surface area contributed by atoms with E-state index in [2.05, 4.69) is 5.32 Å². The maximum atomic E-state index is 12.5. The van der Waals surface area contributed by atoms with E-state index < -0.39 is 23.7 Å². The fraction of sp³-hybridized carbons (Fsp3) is 0.571. The van der Waals surface area contributed by atoms with Gasteiger partial charge in [-0.25, -0.2) is 4.79 Å². The summed E-state index contributed by atoms with van der Waals surface area (Å²) in [6, 6.07) is 3.04. The molecule has 9 heteroatoms. The highest BCUT2D eigenvalue weighted by atomic mass is 19.4. The Balaban J connectivity index is 1.79. The van der Waals surface area contributed by atoms with Crippen LogP contribution in [-0.2, 0) is 9.53 Å². The molecular formula is C14H15F3N2O4. The number of nitrogens with one attached hydrogen (secondary N) is 1. The van der Waals surface area contributed by atoms with Gasteiger partial charge in [-0.3, -0.25) is 4.79 Å². The maximum absolute atomic E-state index is 12.5. The van der Waals surface area contributed by atoms with Gasteiger partial charge in [0.05, 0.1) is 12.8 Å². The first kappa shape index (κ1) is 15.9. The summed E-state index contributed by atoms with van der Waals surface area (Å²) in [4.78, 5) is 25.0. The van der Waals surface area contributed by atoms with E-state index in [1.54, 1.807) is 6.07 Å². The predicted molar refractivity (Wildman–Crippen MR) is 70.5 cm³/mol. The Kier molecular flexibility index (Phi) is 3.83. The molecule has 3 heterocycles. The lowest BCUT2D eigenvalue weighted by Crippen LogP contribution is -2.65. The van der Waals surface area contributed by atoms with E-state index >= 15 is 0 Å². The number of carbonyl (C=O) groups excluding carboxylic acids is 2. The molecule has 1 aromatic rings. The molecule has 2 bridgehead atoms. The third kappa shape index (κ3) is 3.19. The molecule has 2 unspecified atom stereocenters. The third-order valence-electron chi connectivity index (χ3n) is 4.06. The number of carbonyl (C=O) groups is 2. The highest BCUT2D eigenvalue weighted by Gasteiger charge is 2.51. The number of alkyl halides is 3. The molecule has 1 aromatic heterocycles. The van der Waals surface area contributed by atoms with Crippen LogP contribution >= 0.6 is 0 Å². The second-order valence-electron chi connectivity index (χ2n) is 5.93. The molecule has 1 amide bonds. The van der Waals surface area contributed by atoms with Gasteiger partial charge in [0.15, 0.2) is 5.76 Å². The van der Waals surface area contributed by atoms with Gasteiger partial charge in [-0.05, 0) is 31.0 Å². The molecular weight excluding hydrogens is 317 g/mol. The van der Waals surface area contributed by atoms with E-state index in [1.165, 1.54) is 17.2 Å². The summed E-state index contributed by atoms with van der Waals surface area (Å²) in [6.07, 6.45) is -3.42. The summed E-state index contributed by atoms with van der Waals surface area (Å²) in [7, 11) is 0. The summed E-state index contributed by atoms with van der Waals surface area (Å²) in [5.41, 5.74) is -1.37. The Hall–Kier alpha value is -2.03. The number of esters is 1. The van der Waals surface area contributed by atoms with Crippen LogP contribution in [0.2, 0.25) is 0 Å². The molecule has 2 atom stereocenters. The molecule has 6 nitrogen and oxygen atoms in total. The zero-order valence-electron chi connectivity index (χ0n) is 12.1. The van der Waals surface area contributed by atoms with Gasteiger partial charge in [0.2, 0.25) is 0 Å². The van der Waals surface area contributed by atoms with Gasteiger partial charge in [0, 0.05) is 13.1 Å². The van der Waals surface area contributed by atoms with E-state index in [-0.39, 0.29) is 24.8 Å². The maximum Gasteiger partial charge on any atom is 0.490 e. The van der Waals surface area contributed by atoms with E-state index in [9.17, 15) is 22.8 Å². The number of piperidine rings is 2. The van der Waals surface area contributed by atoms with E-state index in [0.29, 0.717) is 19.5 Å². The Morgan fingerprint density at radius 3 is 2.87 bits per heavy atom. The minimum atomic E-state index is -5.06. The first-order valence-electron chi connectivity index (χ1n) is 7.13. The van der Waals surface area contributed by atoms with Crippen LogP contribution in [-0.4, -0.2) is 54.7 Å². The number of nitrogens with zero attached hydrogens (tertiary/aromatic N) is 1. The van der Waals surface area contributed by atoms with Crippen LogP contribution < -0.4 is 5.32 Å². The average Bonchev–Trinajstić information content (AvgIpc) is 2.98. The second kappa shape index (κ2) is 5.55. The van der Waals surface area contributed by atoms with Gasteiger partial charge in [0.1, 0.15) is 5.60 Å². The van der Waals surface area contributed by atoms with Gasteiger partial charge < -0.3 is 19.4 Å². The molecule has 2 aliphatic heterocycles. The molecule has 0 aliphatic carbocycles. The molecule has 3 rings (SSSR count). The van der Waals surface area contributed by atoms with Crippen molar-refractivity contribution in [2.24, 2.45) is 5.92 Å². The van der Waals surface area contributed by atoms with Crippen molar-refractivity contribution in [3.8, 4) is 0 Å². The van der Waals surface area contributed by atoms with Crippen molar-refractivity contribution in [3.63, 3.8) is 0 Å². The molecule has 2 aliphatic rings. The second-order valence-corrected chi connectivity index (χ2v) is 5.93. The number of ether oxygens (including phenoxy) is 1. The molecule has 23 heavy (non-hydrogen) atoms. The van der Waals surface area contributed by atoms with E-state index in [4.69, 9.17) is 9.15 Å². The third-order valence-corrected chi connectivity index (χ3v) is 4.06. The standard InChI is InChI=1S/C14H15F3N2O4/c15-14(16,17)12(21)23-13-4-9(5-18-7-13)6-19(8-13)11(20)10-2-1-3-22-10/h1-3,9,18H,4-8H2. The van der Waals surface area contributed by atoms with Crippen molar-refractivity contribution in [1.82, 2.24) is 10.2 Å². The molecule has 126 valence electrons. The first-order chi connectivity index (χ1) is 10.8. The number of rotatable bonds is 2. The summed E-state index contributed by atoms with van der Waals surface area (Å²) in [5.74, 6) is -2.63. The van der Waals surface area contributed by atoms with Crippen molar-refractivity contribution in [1.29, 1.82) is 0 Å². The summed E-state index contributed by atoms with van der Waals surface area (Å²) >= 11 is 0. The van der Waals surface area contributed by atoms with Crippen molar-refractivity contribution >= 4 is 11.9 Å². The van der Waals surface area contributed by atoms with Gasteiger partial charge >= 0.3 is 12.1 Å². The Morgan fingerprint density at radius 2 is 2.22 bits per heavy atom. The number of amides is 1. The number of hydrogen-bond acceptors (Lipinski definition) is 5. The number of furan rings is 1. The Bertz CT molecular complexity index is 602. The van der Waals surface area contributed by atoms with Crippen LogP contribution in [0.1, 0.15) is 17.0 Å². The SMILES string of the molecule is O=C(c1ccco1)N1CC2CNCC(OC(=O)C(F)(F)F)(C2)C1. The molecule has 0 aromatic carbocycles. The van der Waals surface area contributed by atoms with Gasteiger partial charge in [-0.2, -0.15) is 13.2 Å². The number of likely N-dealkylation sites (tertiary alicyclic amines) is 1. The Labute approximate surface area is 129 Å². The molecule has 0 radical (unpaired) electrons. The zero-order chi connectivity index (χ0) is 16.7. The lowest BCUT2D eigenvalue weighted by atomic mass is 9.81. The van der Waals surface area contributed by atoms with Gasteiger partial charge in [-0.15, -0.1) is 0 Å². The summed E-state index contributed by atoms with van der Waals surface area (Å²) < 4.78 is 47.3. The predicted octanol–water partition coefficient (Wildman–Crippen LogP) is 1.19. The van der Waals surface area contributed by atoms with Crippen LogP contribution in [0.3, 0.4) is 0 Å². The largest absolute Gasteiger partial charge is 0.490 e. The monoisotopic (exact) mass is 332 g/mol. The van der Waals surface area contributed by atoms with Crippen LogP contribution in [0.4, 0.5) is 13.2 Å². The smallest absolute Gasteiger partial charge is 0.459 e. The highest BCUT2D eigenvalue weighted by Crippen LogP contribution is 2.34. The van der Waals surface area contributed by atoms with E-state index in [0.717, 1.165) is 0 Å². The van der Waals surface area contributed by atoms with Crippen LogP contribution in [0.15, 0.2) is 22.8 Å². The fourth-order valence-corrected chi connectivity index (χ4v) is 3.22. The molecule has 2 fully saturated rings. The molecule has 0 saturated carbocycles. The Morgan fingerprint density at radius 1 is 1.43 bits per heavy atom. The van der Waals surface area contributed by atoms with Gasteiger partial charge in [-0.1, -0.05) is 0 Å². The topological polar surface area (TPSA) is 71.8 Å². The number of hydrogen-bond donors (Lipinski definition) is 1. The zero-order valence-corrected chi connectivity index (χ0v) is 12.1. The number of fused-ring (bicyclic) bond motifs is 2. The van der Waals surface area contributed by atoms with Crippen molar-refractivity contribution in [3.05, 3.63) is 24.2 Å². The van der Waals surface area contributed by atoms with Crippen LogP contribution in [0, 0.1) is 5.92 Å². The highest BCUT2D eigenvalue weighted by molar-refractivity contribution is 5.91. The fourth-order valence-electron chi connectivity index (χ4n) is 3.22. The van der Waals surface area contributed by atoms with Crippen LogP contribution in [0.25, 0.3) is 0 Å². The lowest BCUT2D eigenvalue weighted by Gasteiger charge is -2.48. The summed E-state index contributed by atoms with van der Waals surface area (Å²) in [6.45, 7) is 0.899. The van der Waals surface area contributed by atoms with E-state index in [1.807, 2.05) is 0 Å². The first-order valence-corrected chi connectivity index (χ1v) is 7.13. The molecule has 0 spiro atoms. The number of halogens is 3. The molecule has 2 saturated heterocycles. The quantitative estimate of drug-likeness (QED) is 0.824. The summed E-state index contributed by atoms with van der Waals surface area (Å²) in [5, 5.41) is 2.97. The van der Waals surface area contributed by atoms with Crippen molar-refractivity contribution in [2.45, 2.75) is 18.2 Å². The lowest BCUT2D eigenvalue weighted by molar-refractivity contribution is -0.220. The van der Waals surface area contributed by atoms with Crippen molar-refractivity contribution < 1.29 is 31.9 Å². The normalized spacial score (nSPS) is 27.6. The molecule has 1 N–H and O–H groups in total. The minimum Gasteiger partial charge on any atom is -0.459 e.